The number of rotatable bonds is 2. The SMILES string of the molecule is Cc1ccccc1C1(Br)C=CC(C(=O)O)C(Br)=C1. The summed E-state index contributed by atoms with van der Waals surface area (Å²) in [7, 11) is 0. The van der Waals surface area contributed by atoms with Crippen LogP contribution in [0.2, 0.25) is 0 Å². The molecule has 1 aliphatic carbocycles. The maximum atomic E-state index is 11.0. The third-order valence-electron chi connectivity index (χ3n) is 3.00. The first-order valence-corrected chi connectivity index (χ1v) is 7.08. The van der Waals surface area contributed by atoms with Gasteiger partial charge in [0.25, 0.3) is 0 Å². The van der Waals surface area contributed by atoms with Gasteiger partial charge in [-0.25, -0.2) is 0 Å². The predicted molar refractivity (Wildman–Crippen MR) is 79.1 cm³/mol. The van der Waals surface area contributed by atoms with Gasteiger partial charge in [-0.05, 0) is 24.1 Å². The first kappa shape index (κ1) is 13.6. The van der Waals surface area contributed by atoms with Crippen LogP contribution in [0.25, 0.3) is 0 Å². The molecule has 0 amide bonds. The van der Waals surface area contributed by atoms with Crippen LogP contribution in [-0.4, -0.2) is 11.1 Å². The van der Waals surface area contributed by atoms with Crippen LogP contribution in [0.5, 0.6) is 0 Å². The van der Waals surface area contributed by atoms with Crippen molar-refractivity contribution < 1.29 is 9.90 Å². The van der Waals surface area contributed by atoms with Crippen LogP contribution in [0.15, 0.2) is 47.0 Å². The summed E-state index contributed by atoms with van der Waals surface area (Å²) in [6.45, 7) is 2.04. The Morgan fingerprint density at radius 2 is 2.06 bits per heavy atom. The van der Waals surface area contributed by atoms with Crippen molar-refractivity contribution in [3.8, 4) is 0 Å². The molecule has 2 unspecified atom stereocenters. The number of aryl methyl sites for hydroxylation is 1. The van der Waals surface area contributed by atoms with Gasteiger partial charge in [-0.2, -0.15) is 0 Å². The third-order valence-corrected chi connectivity index (χ3v) is 4.64. The molecule has 0 radical (unpaired) electrons. The number of halogens is 2. The zero-order valence-corrected chi connectivity index (χ0v) is 12.9. The maximum Gasteiger partial charge on any atom is 0.315 e. The van der Waals surface area contributed by atoms with Gasteiger partial charge in [-0.1, -0.05) is 68.3 Å². The molecule has 1 aromatic carbocycles. The van der Waals surface area contributed by atoms with Gasteiger partial charge in [-0.3, -0.25) is 4.79 Å². The summed E-state index contributed by atoms with van der Waals surface area (Å²) in [5.41, 5.74) is 2.27. The topological polar surface area (TPSA) is 37.3 Å². The average molecular weight is 372 g/mol. The van der Waals surface area contributed by atoms with Gasteiger partial charge < -0.3 is 5.11 Å². The molecule has 0 bridgehead atoms. The highest BCUT2D eigenvalue weighted by Gasteiger charge is 2.32. The quantitative estimate of drug-likeness (QED) is 0.626. The van der Waals surface area contributed by atoms with Gasteiger partial charge in [0, 0.05) is 4.48 Å². The first-order valence-electron chi connectivity index (χ1n) is 5.49. The van der Waals surface area contributed by atoms with Crippen molar-refractivity contribution in [3.63, 3.8) is 0 Å². The Morgan fingerprint density at radius 3 is 2.61 bits per heavy atom. The number of carbonyl (C=O) groups is 1. The lowest BCUT2D eigenvalue weighted by molar-refractivity contribution is -0.138. The van der Waals surface area contributed by atoms with Gasteiger partial charge in [-0.15, -0.1) is 0 Å². The molecular formula is C14H12Br2O2. The molecule has 2 atom stereocenters. The number of carboxylic acid groups (broad SMARTS) is 1. The molecule has 0 spiro atoms. The summed E-state index contributed by atoms with van der Waals surface area (Å²) in [5, 5.41) is 9.07. The van der Waals surface area contributed by atoms with Crippen LogP contribution in [0.3, 0.4) is 0 Å². The smallest absolute Gasteiger partial charge is 0.315 e. The minimum Gasteiger partial charge on any atom is -0.481 e. The molecule has 1 N–H and O–H groups in total. The van der Waals surface area contributed by atoms with E-state index in [1.165, 1.54) is 0 Å². The Labute approximate surface area is 123 Å². The van der Waals surface area contributed by atoms with Gasteiger partial charge in [0.15, 0.2) is 0 Å². The molecule has 1 aromatic rings. The molecule has 0 saturated carbocycles. The number of aliphatic carboxylic acids is 1. The van der Waals surface area contributed by atoms with E-state index in [2.05, 4.69) is 31.9 Å². The van der Waals surface area contributed by atoms with Gasteiger partial charge >= 0.3 is 5.97 Å². The molecule has 4 heteroatoms. The van der Waals surface area contributed by atoms with Crippen molar-refractivity contribution in [1.82, 2.24) is 0 Å². The summed E-state index contributed by atoms with van der Waals surface area (Å²) >= 11 is 7.04. The summed E-state index contributed by atoms with van der Waals surface area (Å²) < 4.78 is 0.223. The fraction of sp³-hybridized carbons (Fsp3) is 0.214. The van der Waals surface area contributed by atoms with Crippen molar-refractivity contribution in [2.24, 2.45) is 5.92 Å². The van der Waals surface area contributed by atoms with E-state index in [4.69, 9.17) is 5.11 Å². The second-order valence-electron chi connectivity index (χ2n) is 4.29. The number of allylic oxidation sites excluding steroid dienone is 2. The molecule has 0 heterocycles. The summed E-state index contributed by atoms with van der Waals surface area (Å²) in [4.78, 5) is 11.0. The van der Waals surface area contributed by atoms with Crippen molar-refractivity contribution in [2.45, 2.75) is 11.2 Å². The Kier molecular flexibility index (Phi) is 3.78. The lowest BCUT2D eigenvalue weighted by atomic mass is 9.88. The Hall–Kier alpha value is -0.870. The number of hydrogen-bond donors (Lipinski definition) is 1. The summed E-state index contributed by atoms with van der Waals surface area (Å²) in [6.07, 6.45) is 5.49. The molecule has 0 saturated heterocycles. The second kappa shape index (κ2) is 5.02. The molecule has 94 valence electrons. The molecule has 0 fully saturated rings. The zero-order chi connectivity index (χ0) is 13.3. The molecule has 1 aliphatic rings. The first-order chi connectivity index (χ1) is 8.44. The molecule has 2 rings (SSSR count). The van der Waals surface area contributed by atoms with E-state index in [-0.39, 0.29) is 0 Å². The van der Waals surface area contributed by atoms with Gasteiger partial charge in [0.2, 0.25) is 0 Å². The van der Waals surface area contributed by atoms with Crippen LogP contribution >= 0.6 is 31.9 Å². The Bertz CT molecular complexity index is 548. The van der Waals surface area contributed by atoms with Crippen LogP contribution in [-0.2, 0) is 9.12 Å². The molecular weight excluding hydrogens is 360 g/mol. The molecule has 18 heavy (non-hydrogen) atoms. The number of hydrogen-bond acceptors (Lipinski definition) is 1. The number of alkyl halides is 1. The van der Waals surface area contributed by atoms with Crippen LogP contribution in [0.4, 0.5) is 0 Å². The van der Waals surface area contributed by atoms with Crippen LogP contribution in [0, 0.1) is 12.8 Å². The van der Waals surface area contributed by atoms with E-state index in [0.29, 0.717) is 4.48 Å². The Balaban J connectivity index is 2.45. The van der Waals surface area contributed by atoms with Crippen molar-refractivity contribution >= 4 is 37.8 Å². The van der Waals surface area contributed by atoms with Crippen LogP contribution < -0.4 is 0 Å². The lowest BCUT2D eigenvalue weighted by Gasteiger charge is -2.27. The van der Waals surface area contributed by atoms with Gasteiger partial charge in [0.1, 0.15) is 5.92 Å². The van der Waals surface area contributed by atoms with Crippen molar-refractivity contribution in [2.75, 3.05) is 0 Å². The van der Waals surface area contributed by atoms with Crippen molar-refractivity contribution in [3.05, 3.63) is 58.1 Å². The lowest BCUT2D eigenvalue weighted by Crippen LogP contribution is -2.22. The minimum atomic E-state index is -0.853. The monoisotopic (exact) mass is 370 g/mol. The highest BCUT2D eigenvalue weighted by molar-refractivity contribution is 9.12. The highest BCUT2D eigenvalue weighted by Crippen LogP contribution is 2.43. The van der Waals surface area contributed by atoms with E-state index in [1.807, 2.05) is 43.3 Å². The highest BCUT2D eigenvalue weighted by atomic mass is 79.9. The fourth-order valence-corrected chi connectivity index (χ4v) is 3.90. The van der Waals surface area contributed by atoms with E-state index in [0.717, 1.165) is 11.1 Å². The zero-order valence-electron chi connectivity index (χ0n) is 9.73. The largest absolute Gasteiger partial charge is 0.481 e. The number of benzene rings is 1. The predicted octanol–water partition coefficient (Wildman–Crippen LogP) is 4.13. The maximum absolute atomic E-state index is 11.0. The Morgan fingerprint density at radius 1 is 1.39 bits per heavy atom. The standard InChI is InChI=1S/C14H12Br2O2/c1-9-4-2-3-5-11(9)14(16)7-6-10(13(17)18)12(15)8-14/h2-8,10H,1H3,(H,17,18). The molecule has 0 aromatic heterocycles. The third kappa shape index (κ3) is 2.45. The molecule has 2 nitrogen and oxygen atoms in total. The average Bonchev–Trinajstić information content (AvgIpc) is 2.28. The normalized spacial score (nSPS) is 26.8. The number of carboxylic acids is 1. The fourth-order valence-electron chi connectivity index (χ4n) is 2.04. The van der Waals surface area contributed by atoms with E-state index in [1.54, 1.807) is 6.08 Å². The minimum absolute atomic E-state index is 0.441. The van der Waals surface area contributed by atoms with Crippen molar-refractivity contribution in [1.29, 1.82) is 0 Å². The summed E-state index contributed by atoms with van der Waals surface area (Å²) in [6, 6.07) is 8.04. The summed E-state index contributed by atoms with van der Waals surface area (Å²) in [5.74, 6) is -1.45. The second-order valence-corrected chi connectivity index (χ2v) is 6.52. The van der Waals surface area contributed by atoms with E-state index in [9.17, 15) is 4.79 Å². The van der Waals surface area contributed by atoms with Gasteiger partial charge in [0.05, 0.1) is 4.32 Å². The molecule has 0 aliphatic heterocycles. The van der Waals surface area contributed by atoms with E-state index >= 15 is 0 Å². The van der Waals surface area contributed by atoms with E-state index < -0.39 is 16.2 Å². The van der Waals surface area contributed by atoms with Crippen LogP contribution in [0.1, 0.15) is 11.1 Å².